The molecule has 1 spiro atoms. The molecule has 0 amide bonds. The molecule has 4 heteroatoms. The summed E-state index contributed by atoms with van der Waals surface area (Å²) in [6.45, 7) is 0. The van der Waals surface area contributed by atoms with E-state index >= 15 is 0 Å². The summed E-state index contributed by atoms with van der Waals surface area (Å²) in [5.41, 5.74) is 20.6. The highest BCUT2D eigenvalue weighted by Crippen LogP contribution is 2.63. The number of benzene rings is 10. The maximum atomic E-state index is 5.18. The van der Waals surface area contributed by atoms with Crippen molar-refractivity contribution in [3.8, 4) is 84.4 Å². The molecule has 0 saturated heterocycles. The monoisotopic (exact) mass is 864 g/mol. The molecule has 0 N–H and O–H groups in total. The Kier molecular flexibility index (Phi) is 8.46. The van der Waals surface area contributed by atoms with E-state index in [4.69, 9.17) is 15.0 Å². The molecule has 2 aliphatic rings. The predicted molar refractivity (Wildman–Crippen MR) is 278 cm³/mol. The van der Waals surface area contributed by atoms with E-state index in [0.29, 0.717) is 17.5 Å². The van der Waals surface area contributed by atoms with Crippen LogP contribution < -0.4 is 0 Å². The Morgan fingerprint density at radius 3 is 1.29 bits per heavy atom. The number of rotatable bonds is 6. The summed E-state index contributed by atoms with van der Waals surface area (Å²) in [4.78, 5) is 15.4. The van der Waals surface area contributed by atoms with E-state index in [1.54, 1.807) is 0 Å². The van der Waals surface area contributed by atoms with Gasteiger partial charge in [0.1, 0.15) is 0 Å². The molecule has 2 heterocycles. The fraction of sp³-hybridized carbons (Fsp3) is 0.0156. The molecule has 12 aromatic rings. The molecule has 0 bridgehead atoms. The van der Waals surface area contributed by atoms with Crippen LogP contribution >= 0.6 is 0 Å². The third-order valence-electron chi connectivity index (χ3n) is 14.3. The molecule has 10 aromatic carbocycles. The van der Waals surface area contributed by atoms with Gasteiger partial charge in [-0.05, 0) is 103 Å². The van der Waals surface area contributed by atoms with Crippen LogP contribution in [0.15, 0.2) is 243 Å². The minimum Gasteiger partial charge on any atom is -0.309 e. The number of para-hydroxylation sites is 1. The maximum Gasteiger partial charge on any atom is 0.164 e. The van der Waals surface area contributed by atoms with Gasteiger partial charge in [0.2, 0.25) is 0 Å². The number of fused-ring (bicyclic) bond motifs is 13. The average Bonchev–Trinajstić information content (AvgIpc) is 4.02. The van der Waals surface area contributed by atoms with Gasteiger partial charge in [-0.2, -0.15) is 0 Å². The molecule has 2 aromatic heterocycles. The zero-order valence-corrected chi connectivity index (χ0v) is 36.9. The lowest BCUT2D eigenvalue weighted by molar-refractivity contribution is 0.794. The summed E-state index contributed by atoms with van der Waals surface area (Å²) in [6.07, 6.45) is 0. The van der Waals surface area contributed by atoms with Gasteiger partial charge in [0.25, 0.3) is 0 Å². The fourth-order valence-corrected chi connectivity index (χ4v) is 11.3. The molecule has 2 aliphatic carbocycles. The minimum atomic E-state index is -0.569. The topological polar surface area (TPSA) is 43.6 Å². The van der Waals surface area contributed by atoms with Gasteiger partial charge in [0.15, 0.2) is 17.5 Å². The third kappa shape index (κ3) is 5.71. The second-order valence-corrected chi connectivity index (χ2v) is 17.9. The smallest absolute Gasteiger partial charge is 0.164 e. The number of aromatic nitrogens is 4. The second-order valence-electron chi connectivity index (χ2n) is 17.9. The first kappa shape index (κ1) is 38.3. The molecule has 0 fully saturated rings. The van der Waals surface area contributed by atoms with E-state index in [2.05, 4.69) is 211 Å². The molecule has 0 aliphatic heterocycles. The normalized spacial score (nSPS) is 14.2. The Balaban J connectivity index is 0.930. The summed E-state index contributed by atoms with van der Waals surface area (Å²) >= 11 is 0. The first-order valence-electron chi connectivity index (χ1n) is 23.3. The van der Waals surface area contributed by atoms with Crippen molar-refractivity contribution in [1.29, 1.82) is 0 Å². The van der Waals surface area contributed by atoms with Crippen molar-refractivity contribution in [3.63, 3.8) is 0 Å². The lowest BCUT2D eigenvalue weighted by atomic mass is 9.70. The molecule has 0 radical (unpaired) electrons. The van der Waals surface area contributed by atoms with Crippen molar-refractivity contribution in [3.05, 3.63) is 265 Å². The molecule has 14 rings (SSSR count). The van der Waals surface area contributed by atoms with Gasteiger partial charge < -0.3 is 4.57 Å². The predicted octanol–water partition coefficient (Wildman–Crippen LogP) is 15.6. The SMILES string of the molecule is c1ccc(-c2ccc3c4ccccc4n(-c4ccc(-c5ccc6c(c5)C5(c7ccccc7-6)c6ccccc6-c6ccc(-c7nc(-c8ccccc8)nc(-c8ccccc8)n7)cc65)cc4)c3c2)cc1. The van der Waals surface area contributed by atoms with E-state index in [1.807, 2.05) is 36.4 Å². The summed E-state index contributed by atoms with van der Waals surface area (Å²) in [5, 5.41) is 2.50. The third-order valence-corrected chi connectivity index (χ3v) is 14.3. The summed E-state index contributed by atoms with van der Waals surface area (Å²) in [6, 6.07) is 87.7. The molecule has 4 nitrogen and oxygen atoms in total. The summed E-state index contributed by atoms with van der Waals surface area (Å²) in [7, 11) is 0. The van der Waals surface area contributed by atoms with E-state index < -0.39 is 5.41 Å². The van der Waals surface area contributed by atoms with E-state index in [-0.39, 0.29) is 0 Å². The van der Waals surface area contributed by atoms with Gasteiger partial charge in [-0.1, -0.05) is 206 Å². The Bertz CT molecular complexity index is 3880. The molecular formula is C64H40N4. The van der Waals surface area contributed by atoms with Crippen molar-refractivity contribution in [1.82, 2.24) is 19.5 Å². The Hall–Kier alpha value is -8.99. The van der Waals surface area contributed by atoms with Crippen LogP contribution in [0.5, 0.6) is 0 Å². The van der Waals surface area contributed by atoms with Gasteiger partial charge in [0, 0.05) is 33.2 Å². The van der Waals surface area contributed by atoms with Crippen LogP contribution in [0.1, 0.15) is 22.3 Å². The molecule has 0 saturated carbocycles. The zero-order valence-electron chi connectivity index (χ0n) is 36.9. The van der Waals surface area contributed by atoms with Crippen molar-refractivity contribution in [2.24, 2.45) is 0 Å². The van der Waals surface area contributed by atoms with Crippen LogP contribution in [0.25, 0.3) is 106 Å². The standard InChI is InChI=1S/C64H40N4/c1-4-16-41(17-5-1)46-31-37-54-53-24-12-15-27-59(53)68(60(54)40-46)48-33-28-42(29-34-48)45-30-35-51-49-22-10-13-25-55(49)64(57(51)38-45)56-26-14-11-23-50(56)52-36-32-47(39-58(52)64)63-66-61(43-18-6-2-7-19-43)65-62(67-63)44-20-8-3-9-21-44/h1-40H. The highest BCUT2D eigenvalue weighted by atomic mass is 15.0. The number of hydrogen-bond donors (Lipinski definition) is 0. The van der Waals surface area contributed by atoms with Gasteiger partial charge >= 0.3 is 0 Å². The molecular weight excluding hydrogens is 825 g/mol. The van der Waals surface area contributed by atoms with E-state index in [9.17, 15) is 0 Å². The van der Waals surface area contributed by atoms with Gasteiger partial charge in [0.05, 0.1) is 16.4 Å². The summed E-state index contributed by atoms with van der Waals surface area (Å²) in [5.74, 6) is 1.94. The van der Waals surface area contributed by atoms with Crippen LogP contribution in [0, 0.1) is 0 Å². The minimum absolute atomic E-state index is 0.569. The first-order valence-corrected chi connectivity index (χ1v) is 23.3. The fourth-order valence-electron chi connectivity index (χ4n) is 11.3. The maximum absolute atomic E-state index is 5.18. The lowest BCUT2D eigenvalue weighted by Gasteiger charge is -2.31. The molecule has 316 valence electrons. The van der Waals surface area contributed by atoms with E-state index in [0.717, 1.165) is 22.4 Å². The Labute approximate surface area is 394 Å². The second kappa shape index (κ2) is 15.0. The molecule has 1 unspecified atom stereocenters. The van der Waals surface area contributed by atoms with Crippen LogP contribution in [0.3, 0.4) is 0 Å². The largest absolute Gasteiger partial charge is 0.309 e. The van der Waals surface area contributed by atoms with Gasteiger partial charge in [-0.15, -0.1) is 0 Å². The molecule has 1 atom stereocenters. The van der Waals surface area contributed by atoms with Crippen molar-refractivity contribution < 1.29 is 0 Å². The summed E-state index contributed by atoms with van der Waals surface area (Å²) < 4.78 is 2.41. The molecule has 68 heavy (non-hydrogen) atoms. The number of nitrogens with zero attached hydrogens (tertiary/aromatic N) is 4. The van der Waals surface area contributed by atoms with Crippen molar-refractivity contribution >= 4 is 21.8 Å². The van der Waals surface area contributed by atoms with Gasteiger partial charge in [-0.3, -0.25) is 0 Å². The van der Waals surface area contributed by atoms with Gasteiger partial charge in [-0.25, -0.2) is 15.0 Å². The average molecular weight is 865 g/mol. The highest BCUT2D eigenvalue weighted by Gasteiger charge is 2.51. The van der Waals surface area contributed by atoms with Crippen LogP contribution in [0.4, 0.5) is 0 Å². The first-order chi connectivity index (χ1) is 33.7. The van der Waals surface area contributed by atoms with Crippen molar-refractivity contribution in [2.45, 2.75) is 5.41 Å². The van der Waals surface area contributed by atoms with E-state index in [1.165, 1.54) is 88.6 Å². The zero-order chi connectivity index (χ0) is 44.8. The highest BCUT2D eigenvalue weighted by molar-refractivity contribution is 6.10. The van der Waals surface area contributed by atoms with Crippen LogP contribution in [-0.4, -0.2) is 19.5 Å². The number of hydrogen-bond acceptors (Lipinski definition) is 3. The Morgan fingerprint density at radius 2 is 0.676 bits per heavy atom. The quantitative estimate of drug-likeness (QED) is 0.167. The Morgan fingerprint density at radius 1 is 0.265 bits per heavy atom. The van der Waals surface area contributed by atoms with Crippen LogP contribution in [0.2, 0.25) is 0 Å². The lowest BCUT2D eigenvalue weighted by Crippen LogP contribution is -2.26. The van der Waals surface area contributed by atoms with Crippen molar-refractivity contribution in [2.75, 3.05) is 0 Å². The van der Waals surface area contributed by atoms with Crippen LogP contribution in [-0.2, 0) is 5.41 Å².